The highest BCUT2D eigenvalue weighted by Crippen LogP contribution is 2.28. The maximum absolute atomic E-state index is 14.1. The molecule has 0 atom stereocenters. The highest BCUT2D eigenvalue weighted by Gasteiger charge is 2.21. The van der Waals surface area contributed by atoms with Gasteiger partial charge in [0.2, 0.25) is 0 Å². The van der Waals surface area contributed by atoms with Gasteiger partial charge in [0.05, 0.1) is 13.2 Å². The number of benzene rings is 3. The van der Waals surface area contributed by atoms with Gasteiger partial charge >= 0.3 is 0 Å². The first-order valence-corrected chi connectivity index (χ1v) is 10.4. The number of ether oxygens (including phenoxy) is 2. The molecule has 4 heteroatoms. The molecule has 3 aromatic rings. The molecule has 0 amide bonds. The van der Waals surface area contributed by atoms with Crippen LogP contribution in [-0.4, -0.2) is 12.9 Å². The molecule has 0 aliphatic carbocycles. The lowest BCUT2D eigenvalue weighted by molar-refractivity contribution is 0.0823. The van der Waals surface area contributed by atoms with E-state index in [0.717, 1.165) is 5.56 Å². The molecule has 0 aliphatic rings. The Morgan fingerprint density at radius 2 is 1.64 bits per heavy atom. The van der Waals surface area contributed by atoms with E-state index >= 15 is 0 Å². The summed E-state index contributed by atoms with van der Waals surface area (Å²) in [7, 11) is 0. The zero-order valence-corrected chi connectivity index (χ0v) is 17.3. The molecular formula is C24H25FO2S. The summed E-state index contributed by atoms with van der Waals surface area (Å²) in [6.45, 7) is 5.29. The molecule has 0 saturated heterocycles. The van der Waals surface area contributed by atoms with Crippen LogP contribution < -0.4 is 4.74 Å². The van der Waals surface area contributed by atoms with Crippen LogP contribution in [0.2, 0.25) is 0 Å². The minimum absolute atomic E-state index is 0.111. The van der Waals surface area contributed by atoms with Gasteiger partial charge in [0.15, 0.2) is 11.6 Å². The summed E-state index contributed by atoms with van der Waals surface area (Å²) in [5.74, 6) is 0.426. The van der Waals surface area contributed by atoms with E-state index < -0.39 is 0 Å². The van der Waals surface area contributed by atoms with E-state index in [0.29, 0.717) is 19.0 Å². The maximum Gasteiger partial charge on any atom is 0.165 e. The first kappa shape index (κ1) is 20.4. The van der Waals surface area contributed by atoms with E-state index in [2.05, 4.69) is 44.4 Å². The average Bonchev–Trinajstić information content (AvgIpc) is 2.71. The molecule has 0 radical (unpaired) electrons. The van der Waals surface area contributed by atoms with Crippen LogP contribution in [0.3, 0.4) is 0 Å². The Bertz CT molecular complexity index is 892. The predicted molar refractivity (Wildman–Crippen MR) is 114 cm³/mol. The molecule has 2 nitrogen and oxygen atoms in total. The zero-order valence-electron chi connectivity index (χ0n) is 16.4. The number of hydrogen-bond donors (Lipinski definition) is 0. The third-order valence-corrected chi connectivity index (χ3v) is 5.31. The summed E-state index contributed by atoms with van der Waals surface area (Å²) in [6, 6.07) is 22.6. The van der Waals surface area contributed by atoms with Crippen LogP contribution in [0.15, 0.2) is 77.7 Å². The van der Waals surface area contributed by atoms with Gasteiger partial charge in [-0.3, -0.25) is 0 Å². The van der Waals surface area contributed by atoms with Crippen molar-refractivity contribution >= 4 is 11.8 Å². The lowest BCUT2D eigenvalue weighted by Gasteiger charge is -2.25. The molecule has 3 aromatic carbocycles. The van der Waals surface area contributed by atoms with E-state index in [1.165, 1.54) is 16.5 Å². The Labute approximate surface area is 170 Å². The van der Waals surface area contributed by atoms with Gasteiger partial charge in [0.1, 0.15) is 5.75 Å². The van der Waals surface area contributed by atoms with Gasteiger partial charge in [0, 0.05) is 10.3 Å². The number of para-hydroxylation sites is 1. The quantitative estimate of drug-likeness (QED) is 0.389. The van der Waals surface area contributed by atoms with Crippen molar-refractivity contribution in [3.05, 3.63) is 89.7 Å². The maximum atomic E-state index is 14.1. The van der Waals surface area contributed by atoms with Gasteiger partial charge in [-0.1, -0.05) is 50.2 Å². The van der Waals surface area contributed by atoms with E-state index in [9.17, 15) is 4.39 Å². The average molecular weight is 397 g/mol. The molecule has 0 fully saturated rings. The Morgan fingerprint density at radius 1 is 0.929 bits per heavy atom. The zero-order chi connectivity index (χ0) is 20.0. The molecule has 0 heterocycles. The largest absolute Gasteiger partial charge is 0.454 e. The second kappa shape index (κ2) is 9.26. The van der Waals surface area contributed by atoms with E-state index in [1.54, 1.807) is 36.0 Å². The Balaban J connectivity index is 1.61. The molecule has 0 saturated carbocycles. The minimum atomic E-state index is -0.387. The first-order valence-electron chi connectivity index (χ1n) is 9.21. The summed E-state index contributed by atoms with van der Waals surface area (Å²) < 4.78 is 25.7. The van der Waals surface area contributed by atoms with E-state index in [-0.39, 0.29) is 17.0 Å². The lowest BCUT2D eigenvalue weighted by atomic mass is 9.86. The molecule has 0 aromatic heterocycles. The molecule has 0 aliphatic heterocycles. The Morgan fingerprint density at radius 3 is 2.32 bits per heavy atom. The van der Waals surface area contributed by atoms with Crippen LogP contribution in [0.25, 0.3) is 0 Å². The van der Waals surface area contributed by atoms with Gasteiger partial charge in [-0.05, 0) is 53.8 Å². The summed E-state index contributed by atoms with van der Waals surface area (Å²) in [5.41, 5.74) is 2.00. The van der Waals surface area contributed by atoms with Crippen molar-refractivity contribution in [2.75, 3.05) is 12.9 Å². The summed E-state index contributed by atoms with van der Waals surface area (Å²) in [6.07, 6.45) is 2.07. The lowest BCUT2D eigenvalue weighted by Crippen LogP contribution is -2.24. The molecular weight excluding hydrogens is 371 g/mol. The van der Waals surface area contributed by atoms with Crippen LogP contribution in [0.5, 0.6) is 11.5 Å². The number of halogens is 1. The van der Waals surface area contributed by atoms with Crippen molar-refractivity contribution in [2.24, 2.45) is 0 Å². The SMILES string of the molecule is CSc1ccc(C(C)(C)COCc2ccc(F)c(Oc3ccccc3)c2)cc1. The summed E-state index contributed by atoms with van der Waals surface area (Å²) in [5, 5.41) is 0. The van der Waals surface area contributed by atoms with Crippen LogP contribution in [0, 0.1) is 5.82 Å². The van der Waals surface area contributed by atoms with E-state index in [1.807, 2.05) is 18.2 Å². The number of hydrogen-bond acceptors (Lipinski definition) is 3. The highest BCUT2D eigenvalue weighted by atomic mass is 32.2. The molecule has 0 unspecified atom stereocenters. The van der Waals surface area contributed by atoms with Gasteiger partial charge < -0.3 is 9.47 Å². The molecule has 146 valence electrons. The van der Waals surface area contributed by atoms with Crippen molar-refractivity contribution < 1.29 is 13.9 Å². The Hall–Kier alpha value is -2.30. The standard InChI is InChI=1S/C24H25FO2S/c1-24(2,19-10-12-21(28-3)13-11-19)17-26-16-18-9-14-22(25)23(15-18)27-20-7-5-4-6-8-20/h4-15H,16-17H2,1-3H3. The van der Waals surface area contributed by atoms with Crippen molar-refractivity contribution in [1.29, 1.82) is 0 Å². The van der Waals surface area contributed by atoms with Crippen molar-refractivity contribution in [1.82, 2.24) is 0 Å². The fraction of sp³-hybridized carbons (Fsp3) is 0.250. The summed E-state index contributed by atoms with van der Waals surface area (Å²) >= 11 is 1.73. The minimum Gasteiger partial charge on any atom is -0.454 e. The number of rotatable bonds is 8. The van der Waals surface area contributed by atoms with Gasteiger partial charge in [-0.25, -0.2) is 4.39 Å². The van der Waals surface area contributed by atoms with Crippen LogP contribution in [-0.2, 0) is 16.8 Å². The molecule has 0 bridgehead atoms. The van der Waals surface area contributed by atoms with Crippen molar-refractivity contribution in [3.8, 4) is 11.5 Å². The smallest absolute Gasteiger partial charge is 0.165 e. The molecule has 3 rings (SSSR count). The molecule has 0 spiro atoms. The third-order valence-electron chi connectivity index (χ3n) is 4.57. The first-order chi connectivity index (χ1) is 13.5. The normalized spacial score (nSPS) is 11.4. The molecule has 0 N–H and O–H groups in total. The van der Waals surface area contributed by atoms with Gasteiger partial charge in [-0.15, -0.1) is 11.8 Å². The topological polar surface area (TPSA) is 18.5 Å². The molecule has 28 heavy (non-hydrogen) atoms. The van der Waals surface area contributed by atoms with Gasteiger partial charge in [-0.2, -0.15) is 0 Å². The number of thioether (sulfide) groups is 1. The van der Waals surface area contributed by atoms with Gasteiger partial charge in [0.25, 0.3) is 0 Å². The van der Waals surface area contributed by atoms with Crippen LogP contribution >= 0.6 is 11.8 Å². The fourth-order valence-corrected chi connectivity index (χ4v) is 3.29. The summed E-state index contributed by atoms with van der Waals surface area (Å²) in [4.78, 5) is 1.25. The second-order valence-corrected chi connectivity index (χ2v) is 8.16. The predicted octanol–water partition coefficient (Wildman–Crippen LogP) is 6.83. The monoisotopic (exact) mass is 396 g/mol. The second-order valence-electron chi connectivity index (χ2n) is 7.29. The van der Waals surface area contributed by atoms with Crippen LogP contribution in [0.4, 0.5) is 4.39 Å². The highest BCUT2D eigenvalue weighted by molar-refractivity contribution is 7.98. The van der Waals surface area contributed by atoms with Crippen molar-refractivity contribution in [2.45, 2.75) is 30.8 Å². The van der Waals surface area contributed by atoms with Crippen molar-refractivity contribution in [3.63, 3.8) is 0 Å². The third kappa shape index (κ3) is 5.37. The Kier molecular flexibility index (Phi) is 6.76. The van der Waals surface area contributed by atoms with Crippen LogP contribution in [0.1, 0.15) is 25.0 Å². The fourth-order valence-electron chi connectivity index (χ4n) is 2.88. The van der Waals surface area contributed by atoms with E-state index in [4.69, 9.17) is 9.47 Å².